The summed E-state index contributed by atoms with van der Waals surface area (Å²) in [5.41, 5.74) is 1.29. The molecule has 0 fully saturated rings. The second-order valence-electron chi connectivity index (χ2n) is 4.91. The van der Waals surface area contributed by atoms with Crippen LogP contribution in [0.5, 0.6) is 0 Å². The van der Waals surface area contributed by atoms with Crippen LogP contribution in [0, 0.1) is 12.8 Å². The summed E-state index contributed by atoms with van der Waals surface area (Å²) in [5, 5.41) is 16.5. The standard InChI is InChI=1S/C13H20N4OS/c1-9(2)6-14-8-12-16-17-13(18-12)15-7-11-10(3)4-5-19-11/h4-5,9,14H,6-8H2,1-3H3,(H,15,17). The maximum atomic E-state index is 5.51. The Bertz CT molecular complexity index is 506. The van der Waals surface area contributed by atoms with Crippen molar-refractivity contribution in [3.8, 4) is 0 Å². The number of thiophene rings is 1. The molecule has 2 aromatic heterocycles. The average Bonchev–Trinajstić information content (AvgIpc) is 2.95. The Labute approximate surface area is 117 Å². The molecule has 2 aromatic rings. The van der Waals surface area contributed by atoms with Gasteiger partial charge in [0.15, 0.2) is 0 Å². The zero-order valence-corrected chi connectivity index (χ0v) is 12.4. The fourth-order valence-corrected chi connectivity index (χ4v) is 2.45. The van der Waals surface area contributed by atoms with Crippen molar-refractivity contribution in [2.24, 2.45) is 5.92 Å². The van der Waals surface area contributed by atoms with Crippen LogP contribution in [0.4, 0.5) is 6.01 Å². The molecule has 0 bridgehead atoms. The van der Waals surface area contributed by atoms with Gasteiger partial charge in [0.1, 0.15) is 0 Å². The summed E-state index contributed by atoms with van der Waals surface area (Å²) in [6, 6.07) is 2.59. The first kappa shape index (κ1) is 14.0. The molecule has 0 aliphatic carbocycles. The van der Waals surface area contributed by atoms with E-state index in [0.29, 0.717) is 24.4 Å². The molecule has 6 heteroatoms. The number of rotatable bonds is 7. The summed E-state index contributed by atoms with van der Waals surface area (Å²) in [6.45, 7) is 8.71. The largest absolute Gasteiger partial charge is 0.407 e. The smallest absolute Gasteiger partial charge is 0.315 e. The van der Waals surface area contributed by atoms with Crippen LogP contribution in [0.25, 0.3) is 0 Å². The second-order valence-corrected chi connectivity index (χ2v) is 5.91. The van der Waals surface area contributed by atoms with Crippen molar-refractivity contribution < 1.29 is 4.42 Å². The van der Waals surface area contributed by atoms with E-state index >= 15 is 0 Å². The van der Waals surface area contributed by atoms with Crippen LogP contribution in [0.15, 0.2) is 15.9 Å². The lowest BCUT2D eigenvalue weighted by atomic mass is 10.2. The molecule has 0 saturated heterocycles. The number of nitrogens with zero attached hydrogens (tertiary/aromatic N) is 2. The third-order valence-corrected chi connectivity index (χ3v) is 3.69. The lowest BCUT2D eigenvalue weighted by Crippen LogP contribution is -2.19. The lowest BCUT2D eigenvalue weighted by Gasteiger charge is -2.03. The van der Waals surface area contributed by atoms with Gasteiger partial charge >= 0.3 is 6.01 Å². The Hall–Kier alpha value is -1.40. The molecule has 5 nitrogen and oxygen atoms in total. The van der Waals surface area contributed by atoms with E-state index in [9.17, 15) is 0 Å². The van der Waals surface area contributed by atoms with E-state index in [1.54, 1.807) is 11.3 Å². The van der Waals surface area contributed by atoms with Crippen molar-refractivity contribution in [2.45, 2.75) is 33.9 Å². The maximum absolute atomic E-state index is 5.51. The molecule has 104 valence electrons. The summed E-state index contributed by atoms with van der Waals surface area (Å²) in [5.74, 6) is 1.23. The van der Waals surface area contributed by atoms with Gasteiger partial charge in [0.25, 0.3) is 0 Å². The molecule has 0 unspecified atom stereocenters. The molecule has 19 heavy (non-hydrogen) atoms. The van der Waals surface area contributed by atoms with Gasteiger partial charge in [-0.1, -0.05) is 18.9 Å². The number of hydrogen-bond acceptors (Lipinski definition) is 6. The SMILES string of the molecule is Cc1ccsc1CNc1nnc(CNCC(C)C)o1. The van der Waals surface area contributed by atoms with E-state index in [1.165, 1.54) is 10.4 Å². The topological polar surface area (TPSA) is 63.0 Å². The van der Waals surface area contributed by atoms with Gasteiger partial charge in [-0.2, -0.15) is 0 Å². The molecule has 0 atom stereocenters. The first-order chi connectivity index (χ1) is 9.15. The minimum Gasteiger partial charge on any atom is -0.407 e. The molecular weight excluding hydrogens is 260 g/mol. The summed E-state index contributed by atoms with van der Waals surface area (Å²) >= 11 is 1.73. The predicted molar refractivity (Wildman–Crippen MR) is 77.2 cm³/mol. The van der Waals surface area contributed by atoms with Crippen LogP contribution >= 0.6 is 11.3 Å². The quantitative estimate of drug-likeness (QED) is 0.816. The lowest BCUT2D eigenvalue weighted by molar-refractivity contribution is 0.458. The van der Waals surface area contributed by atoms with Gasteiger partial charge < -0.3 is 15.1 Å². The molecule has 2 rings (SSSR count). The monoisotopic (exact) mass is 280 g/mol. The number of nitrogens with one attached hydrogen (secondary N) is 2. The van der Waals surface area contributed by atoms with Crippen LogP contribution in [-0.4, -0.2) is 16.7 Å². The van der Waals surface area contributed by atoms with Gasteiger partial charge in [0.05, 0.1) is 13.1 Å². The van der Waals surface area contributed by atoms with Crippen molar-refractivity contribution >= 4 is 17.4 Å². The minimum atomic E-state index is 0.481. The number of hydrogen-bond donors (Lipinski definition) is 2. The summed E-state index contributed by atoms with van der Waals surface area (Å²) in [6.07, 6.45) is 0. The Morgan fingerprint density at radius 2 is 2.16 bits per heavy atom. The molecule has 0 radical (unpaired) electrons. The van der Waals surface area contributed by atoms with Crippen LogP contribution in [-0.2, 0) is 13.1 Å². The third-order valence-electron chi connectivity index (χ3n) is 2.66. The Morgan fingerprint density at radius 3 is 2.84 bits per heavy atom. The van der Waals surface area contributed by atoms with Gasteiger partial charge in [-0.15, -0.1) is 16.4 Å². The molecule has 0 aliphatic rings. The van der Waals surface area contributed by atoms with E-state index < -0.39 is 0 Å². The molecule has 0 aromatic carbocycles. The Kier molecular flexibility index (Phi) is 4.93. The van der Waals surface area contributed by atoms with E-state index in [1.807, 2.05) is 0 Å². The van der Waals surface area contributed by atoms with E-state index in [0.717, 1.165) is 13.1 Å². The van der Waals surface area contributed by atoms with Crippen molar-refractivity contribution in [1.29, 1.82) is 0 Å². The zero-order valence-electron chi connectivity index (χ0n) is 11.6. The van der Waals surface area contributed by atoms with Crippen LogP contribution < -0.4 is 10.6 Å². The maximum Gasteiger partial charge on any atom is 0.315 e. The second kappa shape index (κ2) is 6.68. The molecule has 0 saturated carbocycles. The van der Waals surface area contributed by atoms with Crippen molar-refractivity contribution in [2.75, 3.05) is 11.9 Å². The summed E-state index contributed by atoms with van der Waals surface area (Å²) in [4.78, 5) is 1.29. The number of anilines is 1. The molecule has 0 aliphatic heterocycles. The van der Waals surface area contributed by atoms with Gasteiger partial charge in [0, 0.05) is 4.88 Å². The predicted octanol–water partition coefficient (Wildman–Crippen LogP) is 2.80. The van der Waals surface area contributed by atoms with Gasteiger partial charge in [0.2, 0.25) is 5.89 Å². The normalized spacial score (nSPS) is 11.2. The number of aryl methyl sites for hydroxylation is 1. The zero-order chi connectivity index (χ0) is 13.7. The molecule has 0 amide bonds. The van der Waals surface area contributed by atoms with Gasteiger partial charge in [-0.05, 0) is 36.4 Å². The fourth-order valence-electron chi connectivity index (χ4n) is 1.61. The van der Waals surface area contributed by atoms with Crippen LogP contribution in [0.2, 0.25) is 0 Å². The molecule has 2 N–H and O–H groups in total. The average molecular weight is 280 g/mol. The van der Waals surface area contributed by atoms with Gasteiger partial charge in [-0.3, -0.25) is 0 Å². The third kappa shape index (κ3) is 4.33. The van der Waals surface area contributed by atoms with E-state index in [2.05, 4.69) is 53.0 Å². The van der Waals surface area contributed by atoms with Crippen molar-refractivity contribution in [1.82, 2.24) is 15.5 Å². The first-order valence-corrected chi connectivity index (χ1v) is 7.33. The highest BCUT2D eigenvalue weighted by Gasteiger charge is 2.06. The highest BCUT2D eigenvalue weighted by atomic mass is 32.1. The molecule has 2 heterocycles. The highest BCUT2D eigenvalue weighted by molar-refractivity contribution is 7.10. The molecule has 0 spiro atoms. The van der Waals surface area contributed by atoms with Crippen LogP contribution in [0.3, 0.4) is 0 Å². The van der Waals surface area contributed by atoms with E-state index in [-0.39, 0.29) is 0 Å². The Morgan fingerprint density at radius 1 is 1.32 bits per heavy atom. The number of aromatic nitrogens is 2. The van der Waals surface area contributed by atoms with Crippen molar-refractivity contribution in [3.63, 3.8) is 0 Å². The van der Waals surface area contributed by atoms with Gasteiger partial charge in [-0.25, -0.2) is 0 Å². The summed E-state index contributed by atoms with van der Waals surface area (Å²) in [7, 11) is 0. The Balaban J connectivity index is 1.79. The summed E-state index contributed by atoms with van der Waals surface area (Å²) < 4.78 is 5.51. The van der Waals surface area contributed by atoms with E-state index in [4.69, 9.17) is 4.42 Å². The fraction of sp³-hybridized carbons (Fsp3) is 0.538. The first-order valence-electron chi connectivity index (χ1n) is 6.45. The van der Waals surface area contributed by atoms with Crippen molar-refractivity contribution in [3.05, 3.63) is 27.8 Å². The minimum absolute atomic E-state index is 0.481. The highest BCUT2D eigenvalue weighted by Crippen LogP contribution is 2.17. The molecular formula is C13H20N4OS. The van der Waals surface area contributed by atoms with Crippen LogP contribution in [0.1, 0.15) is 30.2 Å².